The van der Waals surface area contributed by atoms with Gasteiger partial charge in [0.25, 0.3) is 5.91 Å². The van der Waals surface area contributed by atoms with Gasteiger partial charge in [0.1, 0.15) is 11.9 Å². The van der Waals surface area contributed by atoms with E-state index in [2.05, 4.69) is 29.8 Å². The van der Waals surface area contributed by atoms with Crippen LogP contribution in [0.3, 0.4) is 0 Å². The summed E-state index contributed by atoms with van der Waals surface area (Å²) in [5, 5.41) is 29.8. The lowest BCUT2D eigenvalue weighted by Crippen LogP contribution is -2.54. The first-order valence-corrected chi connectivity index (χ1v) is 12.9. The van der Waals surface area contributed by atoms with Crippen molar-refractivity contribution < 1.29 is 29.6 Å². The zero-order chi connectivity index (χ0) is 26.9. The number of pyridine rings is 1. The van der Waals surface area contributed by atoms with Gasteiger partial charge in [-0.05, 0) is 42.2 Å². The first-order valence-electron chi connectivity index (χ1n) is 12.9. The van der Waals surface area contributed by atoms with E-state index in [1.54, 1.807) is 14.0 Å². The molecule has 0 radical (unpaired) electrons. The molecule has 202 valence electrons. The molecule has 0 aliphatic carbocycles. The number of hydrogen-bond acceptors (Lipinski definition) is 8. The number of carbonyl (C=O) groups is 1. The summed E-state index contributed by atoms with van der Waals surface area (Å²) in [5.74, 6) is 1.86. The number of amides is 1. The van der Waals surface area contributed by atoms with Crippen molar-refractivity contribution in [1.82, 2.24) is 9.88 Å². The standard InChI is InChI=1S/C28H39N3O6/c1-17(2)20-7-9-26(29-11-20)30-12-21(13-30)37-25-10-19(6-8-24(25)36-5)22-14-31(27(35)23(34)15-32)16-28(22,4)18(3)33/h6-11,17-18,21-23,32-34H,12-16H2,1-5H3/t18-,22+,23?,28+/m1/s1. The molecule has 2 fully saturated rings. The van der Waals surface area contributed by atoms with Gasteiger partial charge >= 0.3 is 0 Å². The summed E-state index contributed by atoms with van der Waals surface area (Å²) in [4.78, 5) is 20.9. The zero-order valence-corrected chi connectivity index (χ0v) is 22.3. The molecular formula is C28H39N3O6. The average molecular weight is 514 g/mol. The van der Waals surface area contributed by atoms with Crippen molar-refractivity contribution >= 4 is 11.7 Å². The van der Waals surface area contributed by atoms with Gasteiger partial charge < -0.3 is 34.6 Å². The molecule has 2 aliphatic heterocycles. The minimum atomic E-state index is -1.47. The molecule has 37 heavy (non-hydrogen) atoms. The van der Waals surface area contributed by atoms with Crippen LogP contribution in [0.15, 0.2) is 36.5 Å². The predicted molar refractivity (Wildman–Crippen MR) is 140 cm³/mol. The van der Waals surface area contributed by atoms with Gasteiger partial charge in [0.2, 0.25) is 0 Å². The van der Waals surface area contributed by atoms with Gasteiger partial charge in [-0.3, -0.25) is 4.79 Å². The Morgan fingerprint density at radius 1 is 1.14 bits per heavy atom. The molecule has 2 aromatic rings. The molecule has 9 nitrogen and oxygen atoms in total. The molecule has 0 spiro atoms. The number of anilines is 1. The van der Waals surface area contributed by atoms with E-state index in [-0.39, 0.29) is 18.6 Å². The SMILES string of the molecule is COc1ccc([C@@H]2CN(C(=O)C(O)CO)C[C@@]2(C)[C@@H](C)O)cc1OC1CN(c2ccc(C(C)C)cn2)C1. The second kappa shape index (κ2) is 10.8. The Labute approximate surface area is 218 Å². The maximum absolute atomic E-state index is 12.6. The van der Waals surface area contributed by atoms with Crippen LogP contribution in [0, 0.1) is 5.41 Å². The third-order valence-corrected chi connectivity index (χ3v) is 7.95. The van der Waals surface area contributed by atoms with E-state index in [0.717, 1.165) is 11.4 Å². The lowest BCUT2D eigenvalue weighted by molar-refractivity contribution is -0.141. The molecule has 1 unspecified atom stereocenters. The fourth-order valence-electron chi connectivity index (χ4n) is 5.19. The second-order valence-electron chi connectivity index (χ2n) is 10.8. The molecule has 4 atom stereocenters. The monoisotopic (exact) mass is 513 g/mol. The fraction of sp³-hybridized carbons (Fsp3) is 0.571. The topological polar surface area (TPSA) is 116 Å². The van der Waals surface area contributed by atoms with Crippen LogP contribution in [0.25, 0.3) is 0 Å². The maximum atomic E-state index is 12.6. The normalized spacial score (nSPS) is 23.6. The van der Waals surface area contributed by atoms with Crippen molar-refractivity contribution in [2.45, 2.75) is 57.8 Å². The van der Waals surface area contributed by atoms with Crippen LogP contribution >= 0.6 is 0 Å². The van der Waals surface area contributed by atoms with Crippen LogP contribution in [0.2, 0.25) is 0 Å². The average Bonchev–Trinajstić information content (AvgIpc) is 3.23. The molecule has 2 saturated heterocycles. The van der Waals surface area contributed by atoms with E-state index in [0.29, 0.717) is 37.1 Å². The molecular weight excluding hydrogens is 474 g/mol. The van der Waals surface area contributed by atoms with Crippen LogP contribution < -0.4 is 14.4 Å². The molecule has 3 N–H and O–H groups in total. The van der Waals surface area contributed by atoms with Crippen LogP contribution in [-0.2, 0) is 4.79 Å². The van der Waals surface area contributed by atoms with E-state index < -0.39 is 30.1 Å². The lowest BCUT2D eigenvalue weighted by Gasteiger charge is -2.40. The van der Waals surface area contributed by atoms with Crippen LogP contribution in [-0.4, -0.2) is 89.3 Å². The number of nitrogens with zero attached hydrogens (tertiary/aromatic N) is 3. The van der Waals surface area contributed by atoms with Crippen molar-refractivity contribution in [3.63, 3.8) is 0 Å². The molecule has 2 aliphatic rings. The number of benzene rings is 1. The highest BCUT2D eigenvalue weighted by atomic mass is 16.5. The van der Waals surface area contributed by atoms with Gasteiger partial charge in [0.15, 0.2) is 17.6 Å². The Balaban J connectivity index is 1.49. The number of rotatable bonds is 9. The van der Waals surface area contributed by atoms with Crippen LogP contribution in [0.5, 0.6) is 11.5 Å². The van der Waals surface area contributed by atoms with Crippen molar-refractivity contribution in [2.75, 3.05) is 44.8 Å². The Morgan fingerprint density at radius 3 is 2.43 bits per heavy atom. The van der Waals surface area contributed by atoms with E-state index in [1.807, 2.05) is 37.4 Å². The third kappa shape index (κ3) is 5.39. The summed E-state index contributed by atoms with van der Waals surface area (Å²) in [7, 11) is 1.60. The van der Waals surface area contributed by atoms with Gasteiger partial charge in [-0.15, -0.1) is 0 Å². The van der Waals surface area contributed by atoms with Crippen LogP contribution in [0.4, 0.5) is 5.82 Å². The minimum absolute atomic E-state index is 0.0276. The Hall–Kier alpha value is -2.88. The number of hydrogen-bond donors (Lipinski definition) is 3. The van der Waals surface area contributed by atoms with Gasteiger partial charge in [0, 0.05) is 30.6 Å². The summed E-state index contributed by atoms with van der Waals surface area (Å²) in [5.41, 5.74) is 1.48. The van der Waals surface area contributed by atoms with E-state index in [1.165, 1.54) is 10.5 Å². The summed E-state index contributed by atoms with van der Waals surface area (Å²) < 4.78 is 11.9. The summed E-state index contributed by atoms with van der Waals surface area (Å²) in [6.45, 7) is 9.31. The quantitative estimate of drug-likeness (QED) is 0.467. The number of aliphatic hydroxyl groups is 3. The smallest absolute Gasteiger partial charge is 0.253 e. The highest BCUT2D eigenvalue weighted by Crippen LogP contribution is 2.47. The number of aromatic nitrogens is 1. The highest BCUT2D eigenvalue weighted by Gasteiger charge is 2.49. The largest absolute Gasteiger partial charge is 0.493 e. The summed E-state index contributed by atoms with van der Waals surface area (Å²) in [6, 6.07) is 9.87. The maximum Gasteiger partial charge on any atom is 0.253 e. The minimum Gasteiger partial charge on any atom is -0.493 e. The fourth-order valence-corrected chi connectivity index (χ4v) is 5.19. The van der Waals surface area contributed by atoms with Crippen molar-refractivity contribution in [3.05, 3.63) is 47.7 Å². The summed E-state index contributed by atoms with van der Waals surface area (Å²) in [6.07, 6.45) is -0.276. The summed E-state index contributed by atoms with van der Waals surface area (Å²) >= 11 is 0. The number of methoxy groups -OCH3 is 1. The predicted octanol–water partition coefficient (Wildman–Crippen LogP) is 2.15. The van der Waals surface area contributed by atoms with Crippen molar-refractivity contribution in [2.24, 2.45) is 5.41 Å². The van der Waals surface area contributed by atoms with Gasteiger partial charge in [-0.2, -0.15) is 0 Å². The number of aliphatic hydroxyl groups excluding tert-OH is 3. The molecule has 0 saturated carbocycles. The number of carbonyl (C=O) groups excluding carboxylic acids is 1. The van der Waals surface area contributed by atoms with Gasteiger partial charge in [0.05, 0.1) is 32.9 Å². The third-order valence-electron chi connectivity index (χ3n) is 7.95. The molecule has 1 amide bonds. The second-order valence-corrected chi connectivity index (χ2v) is 10.8. The van der Waals surface area contributed by atoms with E-state index >= 15 is 0 Å². The van der Waals surface area contributed by atoms with Gasteiger partial charge in [-0.25, -0.2) is 4.98 Å². The molecule has 1 aromatic carbocycles. The molecule has 3 heterocycles. The first-order chi connectivity index (χ1) is 17.6. The number of ether oxygens (including phenoxy) is 2. The number of likely N-dealkylation sites (tertiary alicyclic amines) is 1. The van der Waals surface area contributed by atoms with Crippen molar-refractivity contribution in [1.29, 1.82) is 0 Å². The zero-order valence-electron chi connectivity index (χ0n) is 22.3. The first kappa shape index (κ1) is 27.2. The van der Waals surface area contributed by atoms with E-state index in [4.69, 9.17) is 9.47 Å². The van der Waals surface area contributed by atoms with Crippen molar-refractivity contribution in [3.8, 4) is 11.5 Å². The van der Waals surface area contributed by atoms with E-state index in [9.17, 15) is 20.1 Å². The Bertz CT molecular complexity index is 1090. The molecule has 0 bridgehead atoms. The van der Waals surface area contributed by atoms with Crippen LogP contribution in [0.1, 0.15) is 50.7 Å². The molecule has 9 heteroatoms. The molecule has 1 aromatic heterocycles. The highest BCUT2D eigenvalue weighted by molar-refractivity contribution is 5.81. The Kier molecular flexibility index (Phi) is 7.96. The lowest BCUT2D eigenvalue weighted by atomic mass is 9.72. The van der Waals surface area contributed by atoms with Gasteiger partial charge in [-0.1, -0.05) is 32.9 Å². The Morgan fingerprint density at radius 2 is 1.86 bits per heavy atom. The molecule has 4 rings (SSSR count).